The summed E-state index contributed by atoms with van der Waals surface area (Å²) in [5, 5.41) is 6.82. The monoisotopic (exact) mass is 356 g/mol. The summed E-state index contributed by atoms with van der Waals surface area (Å²) in [6.45, 7) is 1.31. The number of para-hydroxylation sites is 1. The molecular weight excluding hydrogens is 336 g/mol. The quantitative estimate of drug-likeness (QED) is 0.762. The van der Waals surface area contributed by atoms with E-state index in [1.807, 2.05) is 6.07 Å². The lowest BCUT2D eigenvalue weighted by atomic mass is 9.91. The van der Waals surface area contributed by atoms with Gasteiger partial charge in [0.1, 0.15) is 17.1 Å². The van der Waals surface area contributed by atoms with E-state index in [0.29, 0.717) is 43.1 Å². The maximum Gasteiger partial charge on any atom is 0.270 e. The minimum atomic E-state index is -0.658. The predicted molar refractivity (Wildman–Crippen MR) is 92.8 cm³/mol. The Bertz CT molecular complexity index is 806. The minimum absolute atomic E-state index is 0.166. The zero-order chi connectivity index (χ0) is 18.1. The molecular formula is C18H20N4O4. The second-order valence-corrected chi connectivity index (χ2v) is 6.89. The lowest BCUT2D eigenvalue weighted by molar-refractivity contribution is -0.129. The maximum atomic E-state index is 12.8. The number of hydrogen-bond acceptors (Lipinski definition) is 5. The van der Waals surface area contributed by atoms with E-state index in [9.17, 15) is 14.4 Å². The topological polar surface area (TPSA) is 100 Å². The van der Waals surface area contributed by atoms with Gasteiger partial charge in [0.2, 0.25) is 5.91 Å². The zero-order valence-electron chi connectivity index (χ0n) is 14.3. The van der Waals surface area contributed by atoms with Crippen molar-refractivity contribution in [2.24, 2.45) is 5.10 Å². The van der Waals surface area contributed by atoms with Crippen molar-refractivity contribution in [1.82, 2.24) is 15.6 Å². The highest BCUT2D eigenvalue weighted by Gasteiger charge is 2.42. The summed E-state index contributed by atoms with van der Waals surface area (Å²) in [5.74, 6) is 0.0129. The van der Waals surface area contributed by atoms with Crippen LogP contribution in [0.2, 0.25) is 0 Å². The Morgan fingerprint density at radius 3 is 2.88 bits per heavy atom. The molecule has 8 nitrogen and oxygen atoms in total. The fourth-order valence-corrected chi connectivity index (χ4v) is 3.66. The van der Waals surface area contributed by atoms with E-state index >= 15 is 0 Å². The third kappa shape index (κ3) is 3.02. The summed E-state index contributed by atoms with van der Waals surface area (Å²) in [7, 11) is 0. The molecule has 136 valence electrons. The number of carbonyl (C=O) groups is 3. The van der Waals surface area contributed by atoms with Gasteiger partial charge in [0.15, 0.2) is 0 Å². The lowest BCUT2D eigenvalue weighted by Crippen LogP contribution is -2.59. The van der Waals surface area contributed by atoms with Crippen LogP contribution in [0.3, 0.4) is 0 Å². The van der Waals surface area contributed by atoms with E-state index in [1.54, 1.807) is 23.1 Å². The van der Waals surface area contributed by atoms with Gasteiger partial charge in [-0.2, -0.15) is 5.10 Å². The van der Waals surface area contributed by atoms with Crippen molar-refractivity contribution < 1.29 is 19.1 Å². The molecule has 1 atom stereocenters. The number of hydrogen-bond donors (Lipinski definition) is 2. The number of amides is 3. The fourth-order valence-electron chi connectivity index (χ4n) is 3.66. The van der Waals surface area contributed by atoms with Crippen LogP contribution in [-0.2, 0) is 9.59 Å². The standard InChI is InChI=1S/C18H20N4O4/c23-15-7-6-13(20-21-15)17(25)22-9-3-8-18(11-22)10-19-16(24)12-4-1-2-5-14(12)26-18/h1-2,4-5H,3,6-11H2,(H,19,24)(H,21,23)/t18-/m1/s1. The maximum absolute atomic E-state index is 12.8. The third-order valence-corrected chi connectivity index (χ3v) is 5.01. The Hall–Kier alpha value is -2.90. The van der Waals surface area contributed by atoms with E-state index in [0.717, 1.165) is 12.8 Å². The molecule has 3 aliphatic heterocycles. The molecule has 0 radical (unpaired) electrons. The molecule has 3 amide bonds. The number of nitrogens with zero attached hydrogens (tertiary/aromatic N) is 2. The molecule has 1 spiro atoms. The first-order chi connectivity index (χ1) is 12.6. The average Bonchev–Trinajstić information content (AvgIpc) is 2.79. The molecule has 0 aromatic heterocycles. The molecule has 0 unspecified atom stereocenters. The van der Waals surface area contributed by atoms with E-state index in [1.165, 1.54) is 0 Å². The third-order valence-electron chi connectivity index (χ3n) is 5.01. The van der Waals surface area contributed by atoms with Gasteiger partial charge in [0.05, 0.1) is 18.7 Å². The summed E-state index contributed by atoms with van der Waals surface area (Å²) in [6, 6.07) is 7.14. The first kappa shape index (κ1) is 16.6. The molecule has 3 heterocycles. The number of likely N-dealkylation sites (tertiary alicyclic amines) is 1. The second-order valence-electron chi connectivity index (χ2n) is 6.89. The highest BCUT2D eigenvalue weighted by molar-refractivity contribution is 6.39. The Kier molecular flexibility index (Phi) is 4.10. The normalized spacial score (nSPS) is 25.4. The van der Waals surface area contributed by atoms with E-state index in [4.69, 9.17) is 4.74 Å². The van der Waals surface area contributed by atoms with Crippen LogP contribution in [0, 0.1) is 0 Å². The van der Waals surface area contributed by atoms with Crippen LogP contribution < -0.4 is 15.5 Å². The number of carbonyl (C=O) groups excluding carboxylic acids is 3. The van der Waals surface area contributed by atoms with Crippen molar-refractivity contribution >= 4 is 23.4 Å². The lowest BCUT2D eigenvalue weighted by Gasteiger charge is -2.42. The minimum Gasteiger partial charge on any atom is -0.483 e. The van der Waals surface area contributed by atoms with Gasteiger partial charge in [-0.3, -0.25) is 14.4 Å². The Labute approximate surface area is 150 Å². The van der Waals surface area contributed by atoms with Crippen molar-refractivity contribution in [1.29, 1.82) is 0 Å². The van der Waals surface area contributed by atoms with Crippen molar-refractivity contribution in [2.45, 2.75) is 31.3 Å². The Balaban J connectivity index is 1.55. The number of fused-ring (bicyclic) bond motifs is 1. The van der Waals surface area contributed by atoms with E-state index < -0.39 is 5.60 Å². The average molecular weight is 356 g/mol. The smallest absolute Gasteiger partial charge is 0.270 e. The number of ether oxygens (including phenoxy) is 1. The van der Waals surface area contributed by atoms with Crippen molar-refractivity contribution in [3.05, 3.63) is 29.8 Å². The SMILES string of the molecule is O=C1CCC(C(=O)N2CCC[C@@]3(CNC(=O)c4ccccc4O3)C2)=NN1. The molecule has 0 bridgehead atoms. The number of rotatable bonds is 1. The predicted octanol–water partition coefficient (Wildman–Crippen LogP) is 0.436. The number of piperidine rings is 1. The number of nitrogens with one attached hydrogen (secondary N) is 2. The summed E-state index contributed by atoms with van der Waals surface area (Å²) in [6.07, 6.45) is 2.12. The Morgan fingerprint density at radius 1 is 1.23 bits per heavy atom. The summed E-state index contributed by atoms with van der Waals surface area (Å²) >= 11 is 0. The van der Waals surface area contributed by atoms with E-state index in [2.05, 4.69) is 15.8 Å². The van der Waals surface area contributed by atoms with Crippen molar-refractivity contribution in [3.8, 4) is 5.75 Å². The first-order valence-electron chi connectivity index (χ1n) is 8.77. The van der Waals surface area contributed by atoms with Gasteiger partial charge in [-0.05, 0) is 25.0 Å². The largest absolute Gasteiger partial charge is 0.483 e. The van der Waals surface area contributed by atoms with Crippen LogP contribution in [0.4, 0.5) is 0 Å². The van der Waals surface area contributed by atoms with Crippen LogP contribution in [0.5, 0.6) is 5.75 Å². The molecule has 8 heteroatoms. The summed E-state index contributed by atoms with van der Waals surface area (Å²) in [5.41, 5.74) is 2.57. The van der Waals surface area contributed by atoms with Gasteiger partial charge in [-0.15, -0.1) is 0 Å². The molecule has 0 aliphatic carbocycles. The molecule has 3 aliphatic rings. The summed E-state index contributed by atoms with van der Waals surface area (Å²) < 4.78 is 6.25. The molecule has 1 aromatic rings. The molecule has 2 N–H and O–H groups in total. The second kappa shape index (κ2) is 6.44. The van der Waals surface area contributed by atoms with Crippen molar-refractivity contribution in [2.75, 3.05) is 19.6 Å². The fraction of sp³-hybridized carbons (Fsp3) is 0.444. The molecule has 0 saturated carbocycles. The number of benzene rings is 1. The van der Waals surface area contributed by atoms with Gasteiger partial charge in [-0.1, -0.05) is 12.1 Å². The molecule has 1 aromatic carbocycles. The molecule has 1 fully saturated rings. The van der Waals surface area contributed by atoms with Crippen LogP contribution in [0.15, 0.2) is 29.4 Å². The van der Waals surface area contributed by atoms with Crippen LogP contribution in [0.1, 0.15) is 36.0 Å². The highest BCUT2D eigenvalue weighted by atomic mass is 16.5. The molecule has 1 saturated heterocycles. The summed E-state index contributed by atoms with van der Waals surface area (Å²) in [4.78, 5) is 38.0. The number of hydrazone groups is 1. The van der Waals surface area contributed by atoms with Gasteiger partial charge >= 0.3 is 0 Å². The Morgan fingerprint density at radius 2 is 2.08 bits per heavy atom. The van der Waals surface area contributed by atoms with Crippen LogP contribution in [-0.4, -0.2) is 53.6 Å². The molecule has 4 rings (SSSR count). The van der Waals surface area contributed by atoms with Crippen molar-refractivity contribution in [3.63, 3.8) is 0 Å². The van der Waals surface area contributed by atoms with Gasteiger partial charge in [0, 0.05) is 19.4 Å². The first-order valence-corrected chi connectivity index (χ1v) is 8.77. The highest BCUT2D eigenvalue weighted by Crippen LogP contribution is 2.32. The zero-order valence-corrected chi connectivity index (χ0v) is 14.3. The van der Waals surface area contributed by atoms with Gasteiger partial charge < -0.3 is 15.0 Å². The molecule has 26 heavy (non-hydrogen) atoms. The van der Waals surface area contributed by atoms with Crippen LogP contribution >= 0.6 is 0 Å². The van der Waals surface area contributed by atoms with E-state index in [-0.39, 0.29) is 24.1 Å². The van der Waals surface area contributed by atoms with Gasteiger partial charge in [0.25, 0.3) is 11.8 Å². The van der Waals surface area contributed by atoms with Crippen LogP contribution in [0.25, 0.3) is 0 Å². The van der Waals surface area contributed by atoms with Gasteiger partial charge in [-0.25, -0.2) is 5.43 Å².